The zero-order valence-corrected chi connectivity index (χ0v) is 13.2. The highest BCUT2D eigenvalue weighted by Gasteiger charge is 2.31. The van der Waals surface area contributed by atoms with E-state index < -0.39 is 0 Å². The van der Waals surface area contributed by atoms with Crippen LogP contribution in [-0.4, -0.2) is 43.8 Å². The molecular formula is C17H28N2O. The standard InChI is InChI=1S/C17H28N2O/c1-5-14-6-8-15(9-7-14)17-16(12-18-13(2)3)20-11-10-19(17)4/h6-9,13,16-18H,5,10-12H2,1-4H3. The van der Waals surface area contributed by atoms with Crippen LogP contribution in [0.5, 0.6) is 0 Å². The van der Waals surface area contributed by atoms with Crippen LogP contribution in [0.25, 0.3) is 0 Å². The number of nitrogens with zero attached hydrogens (tertiary/aromatic N) is 1. The summed E-state index contributed by atoms with van der Waals surface area (Å²) in [6, 6.07) is 9.85. The van der Waals surface area contributed by atoms with Crippen LogP contribution in [0.4, 0.5) is 0 Å². The summed E-state index contributed by atoms with van der Waals surface area (Å²) >= 11 is 0. The van der Waals surface area contributed by atoms with Crippen molar-refractivity contribution in [3.05, 3.63) is 35.4 Å². The molecule has 3 heteroatoms. The maximum absolute atomic E-state index is 6.02. The van der Waals surface area contributed by atoms with Gasteiger partial charge >= 0.3 is 0 Å². The van der Waals surface area contributed by atoms with E-state index in [-0.39, 0.29) is 6.10 Å². The second-order valence-corrected chi connectivity index (χ2v) is 5.99. The van der Waals surface area contributed by atoms with Gasteiger partial charge in [-0.1, -0.05) is 45.0 Å². The van der Waals surface area contributed by atoms with Crippen LogP contribution in [0.15, 0.2) is 24.3 Å². The Hall–Kier alpha value is -0.900. The first-order valence-corrected chi connectivity index (χ1v) is 7.76. The van der Waals surface area contributed by atoms with Gasteiger partial charge in [0.15, 0.2) is 0 Å². The number of nitrogens with one attached hydrogen (secondary N) is 1. The van der Waals surface area contributed by atoms with Crippen molar-refractivity contribution in [3.63, 3.8) is 0 Å². The van der Waals surface area contributed by atoms with E-state index in [1.165, 1.54) is 11.1 Å². The molecule has 0 saturated carbocycles. The summed E-state index contributed by atoms with van der Waals surface area (Å²) in [5, 5.41) is 3.51. The normalized spacial score (nSPS) is 24.2. The highest BCUT2D eigenvalue weighted by molar-refractivity contribution is 5.26. The molecule has 0 aliphatic carbocycles. The minimum absolute atomic E-state index is 0.226. The summed E-state index contributed by atoms with van der Waals surface area (Å²) < 4.78 is 6.02. The van der Waals surface area contributed by atoms with Crippen LogP contribution in [0, 0.1) is 0 Å². The summed E-state index contributed by atoms with van der Waals surface area (Å²) in [5.41, 5.74) is 2.75. The highest BCUT2D eigenvalue weighted by Crippen LogP contribution is 2.28. The summed E-state index contributed by atoms with van der Waals surface area (Å²) in [6.45, 7) is 9.28. The molecule has 0 spiro atoms. The molecule has 1 fully saturated rings. The summed E-state index contributed by atoms with van der Waals surface area (Å²) in [5.74, 6) is 0. The summed E-state index contributed by atoms with van der Waals surface area (Å²) in [4.78, 5) is 2.41. The number of aryl methyl sites for hydroxylation is 1. The van der Waals surface area contributed by atoms with Crippen LogP contribution in [0.2, 0.25) is 0 Å². The molecule has 1 heterocycles. The van der Waals surface area contributed by atoms with Crippen molar-refractivity contribution in [1.29, 1.82) is 0 Å². The molecule has 1 saturated heterocycles. The molecule has 2 unspecified atom stereocenters. The van der Waals surface area contributed by atoms with E-state index in [0.29, 0.717) is 12.1 Å². The fraction of sp³-hybridized carbons (Fsp3) is 0.647. The van der Waals surface area contributed by atoms with Crippen molar-refractivity contribution < 1.29 is 4.74 Å². The van der Waals surface area contributed by atoms with Crippen LogP contribution < -0.4 is 5.32 Å². The predicted molar refractivity (Wildman–Crippen MR) is 84.1 cm³/mol. The molecule has 3 nitrogen and oxygen atoms in total. The SMILES string of the molecule is CCc1ccc(C2C(CNC(C)C)OCCN2C)cc1. The van der Waals surface area contributed by atoms with Gasteiger partial charge in [-0.3, -0.25) is 4.90 Å². The van der Waals surface area contributed by atoms with Gasteiger partial charge < -0.3 is 10.1 Å². The Morgan fingerprint density at radius 2 is 2.00 bits per heavy atom. The van der Waals surface area contributed by atoms with E-state index in [1.807, 2.05) is 0 Å². The monoisotopic (exact) mass is 276 g/mol. The van der Waals surface area contributed by atoms with Crippen LogP contribution in [-0.2, 0) is 11.2 Å². The molecule has 20 heavy (non-hydrogen) atoms. The molecule has 1 aliphatic rings. The minimum Gasteiger partial charge on any atom is -0.374 e. The van der Waals surface area contributed by atoms with E-state index in [0.717, 1.165) is 26.1 Å². The fourth-order valence-electron chi connectivity index (χ4n) is 2.80. The number of ether oxygens (including phenoxy) is 1. The second-order valence-electron chi connectivity index (χ2n) is 5.99. The van der Waals surface area contributed by atoms with Gasteiger partial charge in [0.1, 0.15) is 0 Å². The molecular weight excluding hydrogens is 248 g/mol. The van der Waals surface area contributed by atoms with Gasteiger partial charge in [0, 0.05) is 19.1 Å². The molecule has 112 valence electrons. The van der Waals surface area contributed by atoms with Gasteiger partial charge in [0.25, 0.3) is 0 Å². The molecule has 1 aromatic carbocycles. The molecule has 0 amide bonds. The van der Waals surface area contributed by atoms with E-state index >= 15 is 0 Å². The molecule has 0 bridgehead atoms. The topological polar surface area (TPSA) is 24.5 Å². The quantitative estimate of drug-likeness (QED) is 0.895. The molecule has 2 rings (SSSR count). The number of morpholine rings is 1. The Labute approximate surface area is 123 Å². The average Bonchev–Trinajstić information content (AvgIpc) is 2.45. The van der Waals surface area contributed by atoms with Gasteiger partial charge in [-0.2, -0.15) is 0 Å². The van der Waals surface area contributed by atoms with Crippen molar-refractivity contribution in [1.82, 2.24) is 10.2 Å². The Morgan fingerprint density at radius 3 is 2.60 bits per heavy atom. The maximum Gasteiger partial charge on any atom is 0.0896 e. The van der Waals surface area contributed by atoms with E-state index in [9.17, 15) is 0 Å². The largest absolute Gasteiger partial charge is 0.374 e. The third-order valence-electron chi connectivity index (χ3n) is 4.06. The lowest BCUT2D eigenvalue weighted by atomic mass is 9.96. The van der Waals surface area contributed by atoms with Crippen molar-refractivity contribution in [2.75, 3.05) is 26.7 Å². The molecule has 1 aromatic rings. The van der Waals surface area contributed by atoms with Crippen LogP contribution >= 0.6 is 0 Å². The Morgan fingerprint density at radius 1 is 1.30 bits per heavy atom. The molecule has 1 N–H and O–H groups in total. The third-order valence-corrected chi connectivity index (χ3v) is 4.06. The van der Waals surface area contributed by atoms with Crippen molar-refractivity contribution in [2.24, 2.45) is 0 Å². The van der Waals surface area contributed by atoms with Gasteiger partial charge in [-0.05, 0) is 24.6 Å². The van der Waals surface area contributed by atoms with Gasteiger partial charge in [-0.25, -0.2) is 0 Å². The Kier molecular flexibility index (Phi) is 5.58. The van der Waals surface area contributed by atoms with Crippen LogP contribution in [0.1, 0.15) is 37.9 Å². The number of rotatable bonds is 5. The second kappa shape index (κ2) is 7.21. The first kappa shape index (κ1) is 15.5. The van der Waals surface area contributed by atoms with Crippen molar-refractivity contribution in [3.8, 4) is 0 Å². The van der Waals surface area contributed by atoms with E-state index in [1.54, 1.807) is 0 Å². The number of benzene rings is 1. The lowest BCUT2D eigenvalue weighted by Crippen LogP contribution is -2.48. The number of hydrogen-bond donors (Lipinski definition) is 1. The zero-order chi connectivity index (χ0) is 14.5. The average molecular weight is 276 g/mol. The van der Waals surface area contributed by atoms with Gasteiger partial charge in [-0.15, -0.1) is 0 Å². The predicted octanol–water partition coefficient (Wildman–Crippen LogP) is 2.62. The van der Waals surface area contributed by atoms with E-state index in [2.05, 4.69) is 62.3 Å². The van der Waals surface area contributed by atoms with Crippen molar-refractivity contribution >= 4 is 0 Å². The lowest BCUT2D eigenvalue weighted by molar-refractivity contribution is -0.0620. The Bertz CT molecular complexity index is 402. The first-order valence-electron chi connectivity index (χ1n) is 7.76. The van der Waals surface area contributed by atoms with Gasteiger partial charge in [0.05, 0.1) is 18.8 Å². The van der Waals surface area contributed by atoms with Gasteiger partial charge in [0.2, 0.25) is 0 Å². The zero-order valence-electron chi connectivity index (χ0n) is 13.2. The van der Waals surface area contributed by atoms with Crippen LogP contribution in [0.3, 0.4) is 0 Å². The smallest absolute Gasteiger partial charge is 0.0896 e. The lowest BCUT2D eigenvalue weighted by Gasteiger charge is -2.40. The van der Waals surface area contributed by atoms with E-state index in [4.69, 9.17) is 4.74 Å². The Balaban J connectivity index is 2.13. The number of likely N-dealkylation sites (N-methyl/N-ethyl adjacent to an activating group) is 1. The number of hydrogen-bond acceptors (Lipinski definition) is 3. The van der Waals surface area contributed by atoms with Crippen molar-refractivity contribution in [2.45, 2.75) is 45.4 Å². The molecule has 2 atom stereocenters. The maximum atomic E-state index is 6.02. The fourth-order valence-corrected chi connectivity index (χ4v) is 2.80. The summed E-state index contributed by atoms with van der Waals surface area (Å²) in [6.07, 6.45) is 1.32. The minimum atomic E-state index is 0.226. The summed E-state index contributed by atoms with van der Waals surface area (Å²) in [7, 11) is 2.20. The molecule has 1 aliphatic heterocycles. The highest BCUT2D eigenvalue weighted by atomic mass is 16.5. The molecule has 0 radical (unpaired) electrons. The first-order chi connectivity index (χ1) is 9.61. The third kappa shape index (κ3) is 3.81. The molecule has 0 aromatic heterocycles.